The van der Waals surface area contributed by atoms with Gasteiger partial charge < -0.3 is 14.6 Å². The van der Waals surface area contributed by atoms with Gasteiger partial charge in [0.1, 0.15) is 6.04 Å². The minimum absolute atomic E-state index is 0.160. The first-order valence-corrected chi connectivity index (χ1v) is 10.0. The summed E-state index contributed by atoms with van der Waals surface area (Å²) in [5, 5.41) is 3.23. The minimum Gasteiger partial charge on any atom is -0.467 e. The van der Waals surface area contributed by atoms with Crippen LogP contribution in [0.15, 0.2) is 66.7 Å². The zero-order valence-corrected chi connectivity index (χ0v) is 16.9. The number of methoxy groups -OCH3 is 1. The fourth-order valence-electron chi connectivity index (χ4n) is 4.81. The van der Waals surface area contributed by atoms with Crippen LogP contribution in [0.5, 0.6) is 0 Å². The SMILES string of the molecule is COC(=O)C1Cc2c([nH]c3ccccc23)C(c2cccc3ccccc23)N1C(C)=O. The number of rotatable bonds is 2. The van der Waals surface area contributed by atoms with E-state index in [9.17, 15) is 9.59 Å². The molecule has 2 atom stereocenters. The van der Waals surface area contributed by atoms with Gasteiger partial charge >= 0.3 is 5.97 Å². The molecule has 2 heterocycles. The maximum atomic E-state index is 12.9. The molecule has 2 unspecified atom stereocenters. The molecule has 0 saturated carbocycles. The number of amides is 1. The Hall–Kier alpha value is -3.60. The van der Waals surface area contributed by atoms with Crippen LogP contribution >= 0.6 is 0 Å². The van der Waals surface area contributed by atoms with Crippen LogP contribution in [-0.2, 0) is 20.7 Å². The van der Waals surface area contributed by atoms with Crippen LogP contribution in [0.4, 0.5) is 0 Å². The first-order valence-electron chi connectivity index (χ1n) is 10.0. The van der Waals surface area contributed by atoms with Crippen LogP contribution in [-0.4, -0.2) is 34.9 Å². The minimum atomic E-state index is -0.678. The number of nitrogens with zero attached hydrogens (tertiary/aromatic N) is 1. The summed E-state index contributed by atoms with van der Waals surface area (Å²) in [5.74, 6) is -0.556. The summed E-state index contributed by atoms with van der Waals surface area (Å²) in [4.78, 5) is 30.9. The van der Waals surface area contributed by atoms with E-state index >= 15 is 0 Å². The molecule has 1 aliphatic heterocycles. The zero-order valence-electron chi connectivity index (χ0n) is 16.9. The highest BCUT2D eigenvalue weighted by atomic mass is 16.5. The van der Waals surface area contributed by atoms with Crippen molar-refractivity contribution in [3.63, 3.8) is 0 Å². The van der Waals surface area contributed by atoms with E-state index in [0.29, 0.717) is 6.42 Å². The van der Waals surface area contributed by atoms with Gasteiger partial charge in [-0.05, 0) is 28.0 Å². The molecule has 0 bridgehead atoms. The zero-order chi connectivity index (χ0) is 20.8. The molecule has 30 heavy (non-hydrogen) atoms. The van der Waals surface area contributed by atoms with E-state index in [2.05, 4.69) is 29.2 Å². The maximum Gasteiger partial charge on any atom is 0.328 e. The third-order valence-corrected chi connectivity index (χ3v) is 6.09. The number of aromatic nitrogens is 1. The average Bonchev–Trinajstić information content (AvgIpc) is 3.15. The Kier molecular flexibility index (Phi) is 4.31. The molecule has 5 rings (SSSR count). The number of esters is 1. The Morgan fingerprint density at radius 1 is 0.967 bits per heavy atom. The monoisotopic (exact) mass is 398 g/mol. The number of aromatic amines is 1. The van der Waals surface area contributed by atoms with Crippen molar-refractivity contribution in [2.45, 2.75) is 25.4 Å². The molecule has 0 aliphatic carbocycles. The van der Waals surface area contributed by atoms with Crippen molar-refractivity contribution in [1.82, 2.24) is 9.88 Å². The Balaban J connectivity index is 1.84. The number of ether oxygens (including phenoxy) is 1. The van der Waals surface area contributed by atoms with E-state index in [4.69, 9.17) is 4.74 Å². The Morgan fingerprint density at radius 2 is 1.67 bits per heavy atom. The second-order valence-corrected chi connectivity index (χ2v) is 7.70. The van der Waals surface area contributed by atoms with Crippen LogP contribution in [0.1, 0.15) is 29.8 Å². The van der Waals surface area contributed by atoms with Gasteiger partial charge in [-0.15, -0.1) is 0 Å². The second kappa shape index (κ2) is 7.02. The van der Waals surface area contributed by atoms with Crippen LogP contribution in [0.2, 0.25) is 0 Å². The summed E-state index contributed by atoms with van der Waals surface area (Å²) in [6.45, 7) is 1.52. The third-order valence-electron chi connectivity index (χ3n) is 6.09. The van der Waals surface area contributed by atoms with E-state index in [0.717, 1.165) is 38.5 Å². The van der Waals surface area contributed by atoms with Crippen molar-refractivity contribution >= 4 is 33.6 Å². The summed E-state index contributed by atoms with van der Waals surface area (Å²) >= 11 is 0. The predicted octanol–water partition coefficient (Wildman–Crippen LogP) is 4.36. The van der Waals surface area contributed by atoms with Gasteiger partial charge in [-0.1, -0.05) is 60.7 Å². The quantitative estimate of drug-likeness (QED) is 0.511. The van der Waals surface area contributed by atoms with Crippen molar-refractivity contribution in [2.24, 2.45) is 0 Å². The number of H-pyrrole nitrogens is 1. The molecule has 5 heteroatoms. The standard InChI is InChI=1S/C25H22N2O3/c1-15(28)27-22(25(29)30-2)14-20-18-11-5-6-13-21(18)26-23(20)24(27)19-12-7-9-16-8-3-4-10-17(16)19/h3-13,22,24,26H,14H2,1-2H3. The summed E-state index contributed by atoms with van der Waals surface area (Å²) in [5.41, 5.74) is 4.02. The highest BCUT2D eigenvalue weighted by Gasteiger charge is 2.43. The van der Waals surface area contributed by atoms with E-state index in [1.54, 1.807) is 4.90 Å². The van der Waals surface area contributed by atoms with Crippen molar-refractivity contribution in [2.75, 3.05) is 7.11 Å². The number of benzene rings is 3. The molecule has 0 radical (unpaired) electrons. The first-order chi connectivity index (χ1) is 14.6. The number of para-hydroxylation sites is 1. The molecular formula is C25H22N2O3. The Labute approximate surface area is 174 Å². The number of carbonyl (C=O) groups excluding carboxylic acids is 2. The van der Waals surface area contributed by atoms with Crippen LogP contribution in [0.3, 0.4) is 0 Å². The smallest absolute Gasteiger partial charge is 0.328 e. The van der Waals surface area contributed by atoms with E-state index < -0.39 is 18.1 Å². The van der Waals surface area contributed by atoms with E-state index in [1.165, 1.54) is 14.0 Å². The van der Waals surface area contributed by atoms with Gasteiger partial charge in [0.05, 0.1) is 13.2 Å². The summed E-state index contributed by atoms with van der Waals surface area (Å²) in [6.07, 6.45) is 0.423. The number of hydrogen-bond donors (Lipinski definition) is 1. The highest BCUT2D eigenvalue weighted by molar-refractivity contribution is 5.92. The maximum absolute atomic E-state index is 12.9. The van der Waals surface area contributed by atoms with Gasteiger partial charge in [0.25, 0.3) is 0 Å². The van der Waals surface area contributed by atoms with Crippen LogP contribution < -0.4 is 0 Å². The molecular weight excluding hydrogens is 376 g/mol. The predicted molar refractivity (Wildman–Crippen MR) is 116 cm³/mol. The molecule has 1 aliphatic rings. The fraction of sp³-hybridized carbons (Fsp3) is 0.200. The van der Waals surface area contributed by atoms with Crippen molar-refractivity contribution in [1.29, 1.82) is 0 Å². The molecule has 4 aromatic rings. The number of hydrogen-bond acceptors (Lipinski definition) is 3. The molecule has 1 aromatic heterocycles. The lowest BCUT2D eigenvalue weighted by molar-refractivity contribution is -0.154. The average molecular weight is 398 g/mol. The van der Waals surface area contributed by atoms with Gasteiger partial charge in [-0.2, -0.15) is 0 Å². The molecule has 0 saturated heterocycles. The summed E-state index contributed by atoms with van der Waals surface area (Å²) < 4.78 is 5.10. The number of carbonyl (C=O) groups is 2. The molecule has 0 spiro atoms. The van der Waals surface area contributed by atoms with Gasteiger partial charge in [-0.3, -0.25) is 4.79 Å². The lowest BCUT2D eigenvalue weighted by Gasteiger charge is -2.40. The van der Waals surface area contributed by atoms with E-state index in [1.807, 2.05) is 42.5 Å². The molecule has 5 nitrogen and oxygen atoms in total. The molecule has 1 amide bonds. The van der Waals surface area contributed by atoms with E-state index in [-0.39, 0.29) is 5.91 Å². The highest BCUT2D eigenvalue weighted by Crippen LogP contribution is 2.43. The van der Waals surface area contributed by atoms with Gasteiger partial charge in [0.15, 0.2) is 0 Å². The lowest BCUT2D eigenvalue weighted by atomic mass is 9.86. The molecule has 3 aromatic carbocycles. The van der Waals surface area contributed by atoms with Crippen molar-refractivity contribution in [3.8, 4) is 0 Å². The number of nitrogens with one attached hydrogen (secondary N) is 1. The normalized spacial score (nSPS) is 18.4. The van der Waals surface area contributed by atoms with Crippen molar-refractivity contribution in [3.05, 3.63) is 83.6 Å². The van der Waals surface area contributed by atoms with Gasteiger partial charge in [-0.25, -0.2) is 4.79 Å². The van der Waals surface area contributed by atoms with Gasteiger partial charge in [0, 0.05) is 29.9 Å². The van der Waals surface area contributed by atoms with Gasteiger partial charge in [0.2, 0.25) is 5.91 Å². The molecule has 150 valence electrons. The first kappa shape index (κ1) is 18.4. The summed E-state index contributed by atoms with van der Waals surface area (Å²) in [6, 6.07) is 21.2. The van der Waals surface area contributed by atoms with Crippen LogP contribution in [0.25, 0.3) is 21.7 Å². The molecule has 1 N–H and O–H groups in total. The second-order valence-electron chi connectivity index (χ2n) is 7.70. The molecule has 0 fully saturated rings. The number of fused-ring (bicyclic) bond motifs is 4. The Bertz CT molecular complexity index is 1280. The van der Waals surface area contributed by atoms with Crippen LogP contribution in [0, 0.1) is 0 Å². The van der Waals surface area contributed by atoms with Crippen molar-refractivity contribution < 1.29 is 14.3 Å². The largest absolute Gasteiger partial charge is 0.467 e. The lowest BCUT2D eigenvalue weighted by Crippen LogP contribution is -2.51. The Morgan fingerprint density at radius 3 is 2.43 bits per heavy atom. The third kappa shape index (κ3) is 2.70. The topological polar surface area (TPSA) is 62.4 Å². The summed E-state index contributed by atoms with van der Waals surface area (Å²) in [7, 11) is 1.37. The fourth-order valence-corrected chi connectivity index (χ4v) is 4.81.